The molecule has 0 aliphatic carbocycles. The molecule has 1 heterocycles. The Labute approximate surface area is 153 Å². The number of rotatable bonds is 4. The highest BCUT2D eigenvalue weighted by Crippen LogP contribution is 2.26. The summed E-state index contributed by atoms with van der Waals surface area (Å²) in [6.07, 6.45) is 0. The van der Waals surface area contributed by atoms with Crippen molar-refractivity contribution in [3.63, 3.8) is 0 Å². The van der Waals surface area contributed by atoms with E-state index in [2.05, 4.69) is 23.6 Å². The van der Waals surface area contributed by atoms with Crippen LogP contribution in [0.15, 0.2) is 57.8 Å². The van der Waals surface area contributed by atoms with Crippen LogP contribution in [-0.2, 0) is 10.0 Å². The van der Waals surface area contributed by atoms with Crippen LogP contribution in [0.25, 0.3) is 0 Å². The van der Waals surface area contributed by atoms with E-state index >= 15 is 0 Å². The predicted molar refractivity (Wildman–Crippen MR) is 102 cm³/mol. The van der Waals surface area contributed by atoms with Gasteiger partial charge in [0.25, 0.3) is 15.9 Å². The summed E-state index contributed by atoms with van der Waals surface area (Å²) in [5.74, 6) is 0.639. The fourth-order valence-corrected chi connectivity index (χ4v) is 4.06. The van der Waals surface area contributed by atoms with E-state index in [9.17, 15) is 13.2 Å². The highest BCUT2D eigenvalue weighted by atomic mass is 32.2. The third-order valence-electron chi connectivity index (χ3n) is 4.01. The first kappa shape index (κ1) is 18.1. The number of amidine groups is 1. The van der Waals surface area contributed by atoms with Crippen molar-refractivity contribution in [3.05, 3.63) is 59.7 Å². The molecule has 1 aliphatic heterocycles. The second-order valence-electron chi connectivity index (χ2n) is 6.69. The van der Waals surface area contributed by atoms with E-state index in [4.69, 9.17) is 0 Å². The fourth-order valence-electron chi connectivity index (χ4n) is 2.88. The van der Waals surface area contributed by atoms with Gasteiger partial charge in [-0.05, 0) is 42.3 Å². The summed E-state index contributed by atoms with van der Waals surface area (Å²) >= 11 is 0. The number of carbonyl (C=O) groups is 1. The molecule has 7 heteroatoms. The summed E-state index contributed by atoms with van der Waals surface area (Å²) in [5, 5.41) is 3.03. The van der Waals surface area contributed by atoms with Crippen molar-refractivity contribution < 1.29 is 13.2 Å². The van der Waals surface area contributed by atoms with Crippen LogP contribution in [0.1, 0.15) is 29.8 Å². The van der Waals surface area contributed by atoms with Crippen LogP contribution < -0.4 is 5.32 Å². The number of fused-ring (bicyclic) bond motifs is 1. The number of hydrogen-bond acceptors (Lipinski definition) is 4. The maximum Gasteiger partial charge on any atom is 0.285 e. The average Bonchev–Trinajstić information content (AvgIpc) is 2.85. The van der Waals surface area contributed by atoms with Crippen LogP contribution >= 0.6 is 0 Å². The van der Waals surface area contributed by atoms with Gasteiger partial charge in [-0.2, -0.15) is 8.42 Å². The molecule has 0 unspecified atom stereocenters. The minimum Gasteiger partial charge on any atom is -0.341 e. The number of sulfonamides is 1. The highest BCUT2D eigenvalue weighted by molar-refractivity contribution is 7.90. The Morgan fingerprint density at radius 3 is 2.42 bits per heavy atom. The number of amides is 1. The van der Waals surface area contributed by atoms with E-state index in [0.717, 1.165) is 0 Å². The van der Waals surface area contributed by atoms with Gasteiger partial charge in [-0.25, -0.2) is 0 Å². The Morgan fingerprint density at radius 2 is 1.77 bits per heavy atom. The van der Waals surface area contributed by atoms with E-state index < -0.39 is 10.0 Å². The van der Waals surface area contributed by atoms with Gasteiger partial charge in [0.05, 0.1) is 0 Å². The molecule has 0 fully saturated rings. The Bertz CT molecular complexity index is 964. The van der Waals surface area contributed by atoms with Gasteiger partial charge < -0.3 is 10.2 Å². The van der Waals surface area contributed by atoms with E-state index in [1.165, 1.54) is 6.07 Å². The number of carbonyl (C=O) groups excluding carboxylic acids is 1. The van der Waals surface area contributed by atoms with Gasteiger partial charge >= 0.3 is 0 Å². The van der Waals surface area contributed by atoms with E-state index in [1.807, 2.05) is 0 Å². The summed E-state index contributed by atoms with van der Waals surface area (Å²) in [4.78, 5) is 14.3. The van der Waals surface area contributed by atoms with Crippen molar-refractivity contribution in [2.24, 2.45) is 10.3 Å². The molecule has 1 N–H and O–H groups in total. The summed E-state index contributed by atoms with van der Waals surface area (Å²) in [7, 11) is -1.87. The van der Waals surface area contributed by atoms with Crippen molar-refractivity contribution >= 4 is 27.5 Å². The molecule has 26 heavy (non-hydrogen) atoms. The standard InChI is InChI=1S/C19H21N3O3S/c1-13(2)12-22(3)19(23)14-8-10-15(11-9-14)20-18-16-6-4-5-7-17(16)26(24,25)21-18/h4-11,13H,12H2,1-3H3,(H,20,21). The third-order valence-corrected chi connectivity index (χ3v) is 5.35. The van der Waals surface area contributed by atoms with Crippen LogP contribution in [0, 0.1) is 5.92 Å². The minimum absolute atomic E-state index is 0.0450. The molecule has 136 valence electrons. The summed E-state index contributed by atoms with van der Waals surface area (Å²) in [6, 6.07) is 13.6. The lowest BCUT2D eigenvalue weighted by atomic mass is 10.1. The average molecular weight is 371 g/mol. The quantitative estimate of drug-likeness (QED) is 0.896. The minimum atomic E-state index is -3.65. The Kier molecular flexibility index (Phi) is 4.82. The lowest BCUT2D eigenvalue weighted by Gasteiger charge is -2.19. The first-order valence-corrected chi connectivity index (χ1v) is 9.79. The van der Waals surface area contributed by atoms with Crippen molar-refractivity contribution in [1.82, 2.24) is 4.90 Å². The monoisotopic (exact) mass is 371 g/mol. The molecule has 0 saturated carbocycles. The Morgan fingerprint density at radius 1 is 1.12 bits per heavy atom. The van der Waals surface area contributed by atoms with Gasteiger partial charge in [0, 0.05) is 30.4 Å². The number of nitrogens with zero attached hydrogens (tertiary/aromatic N) is 2. The second-order valence-corrected chi connectivity index (χ2v) is 8.27. The highest BCUT2D eigenvalue weighted by Gasteiger charge is 2.28. The second kappa shape index (κ2) is 6.92. The zero-order chi connectivity index (χ0) is 18.9. The van der Waals surface area contributed by atoms with Gasteiger partial charge in [-0.1, -0.05) is 26.0 Å². The summed E-state index contributed by atoms with van der Waals surface area (Å²) in [5.41, 5.74) is 1.79. The molecule has 0 aromatic heterocycles. The topological polar surface area (TPSA) is 78.8 Å². The fraction of sp³-hybridized carbons (Fsp3) is 0.263. The molecule has 1 amide bonds. The number of nitrogens with one attached hydrogen (secondary N) is 1. The van der Waals surface area contributed by atoms with E-state index in [1.54, 1.807) is 54.4 Å². The first-order valence-electron chi connectivity index (χ1n) is 8.35. The van der Waals surface area contributed by atoms with Crippen molar-refractivity contribution in [3.8, 4) is 0 Å². The van der Waals surface area contributed by atoms with Gasteiger partial charge in [0.15, 0.2) is 5.84 Å². The molecule has 6 nitrogen and oxygen atoms in total. The van der Waals surface area contributed by atoms with Gasteiger partial charge in [0.2, 0.25) is 0 Å². The smallest absolute Gasteiger partial charge is 0.285 e. The van der Waals surface area contributed by atoms with Gasteiger partial charge in [-0.15, -0.1) is 4.40 Å². The maximum absolute atomic E-state index is 12.4. The van der Waals surface area contributed by atoms with E-state index in [-0.39, 0.29) is 16.6 Å². The summed E-state index contributed by atoms with van der Waals surface area (Å²) < 4.78 is 28.0. The van der Waals surface area contributed by atoms with E-state index in [0.29, 0.717) is 29.3 Å². The molecule has 3 rings (SSSR count). The molecular weight excluding hydrogens is 350 g/mol. The van der Waals surface area contributed by atoms with Crippen LogP contribution in [0.4, 0.5) is 5.69 Å². The lowest BCUT2D eigenvalue weighted by Crippen LogP contribution is -2.30. The zero-order valence-corrected chi connectivity index (χ0v) is 15.7. The van der Waals surface area contributed by atoms with Crippen molar-refractivity contribution in [2.45, 2.75) is 18.7 Å². The maximum atomic E-state index is 12.4. The predicted octanol–water partition coefficient (Wildman–Crippen LogP) is 2.98. The van der Waals surface area contributed by atoms with Gasteiger partial charge in [0.1, 0.15) is 4.90 Å². The third kappa shape index (κ3) is 3.62. The SMILES string of the molecule is CC(C)CN(C)C(=O)c1ccc(NC2=NS(=O)(=O)c3ccccc32)cc1. The normalized spacial score (nSPS) is 14.7. The molecule has 0 atom stereocenters. The van der Waals surface area contributed by atoms with Crippen LogP contribution in [0.5, 0.6) is 0 Å². The molecule has 2 aromatic rings. The van der Waals surface area contributed by atoms with Crippen LogP contribution in [-0.4, -0.2) is 38.7 Å². The first-order chi connectivity index (χ1) is 12.3. The Hall–Kier alpha value is -2.67. The molecule has 2 aromatic carbocycles. The zero-order valence-electron chi connectivity index (χ0n) is 14.9. The molecule has 0 radical (unpaired) electrons. The number of hydrogen-bond donors (Lipinski definition) is 1. The summed E-state index contributed by atoms with van der Waals surface area (Å²) in [6.45, 7) is 4.81. The van der Waals surface area contributed by atoms with Crippen molar-refractivity contribution in [1.29, 1.82) is 0 Å². The Balaban J connectivity index is 1.78. The molecule has 0 spiro atoms. The number of benzene rings is 2. The number of anilines is 1. The van der Waals surface area contributed by atoms with Crippen LogP contribution in [0.2, 0.25) is 0 Å². The molecular formula is C19H21N3O3S. The van der Waals surface area contributed by atoms with Crippen LogP contribution in [0.3, 0.4) is 0 Å². The molecule has 1 aliphatic rings. The van der Waals surface area contributed by atoms with Gasteiger partial charge in [-0.3, -0.25) is 4.79 Å². The largest absolute Gasteiger partial charge is 0.341 e. The molecule has 0 bridgehead atoms. The van der Waals surface area contributed by atoms with Crippen molar-refractivity contribution in [2.75, 3.05) is 18.9 Å². The lowest BCUT2D eigenvalue weighted by molar-refractivity contribution is 0.0779. The molecule has 0 saturated heterocycles.